The van der Waals surface area contributed by atoms with E-state index in [9.17, 15) is 0 Å². The van der Waals surface area contributed by atoms with E-state index in [1.165, 1.54) is 64.6 Å². The van der Waals surface area contributed by atoms with Crippen molar-refractivity contribution in [1.82, 2.24) is 10.2 Å². The van der Waals surface area contributed by atoms with Crippen LogP contribution in [0.4, 0.5) is 0 Å². The topological polar surface area (TPSA) is 15.3 Å². The van der Waals surface area contributed by atoms with Crippen LogP contribution in [0.3, 0.4) is 0 Å². The Hall–Kier alpha value is -0.0800. The van der Waals surface area contributed by atoms with Crippen LogP contribution in [0, 0.1) is 5.92 Å². The van der Waals surface area contributed by atoms with Crippen LogP contribution in [0.5, 0.6) is 0 Å². The summed E-state index contributed by atoms with van der Waals surface area (Å²) in [5.41, 5.74) is 0. The van der Waals surface area contributed by atoms with Crippen LogP contribution in [-0.2, 0) is 0 Å². The summed E-state index contributed by atoms with van der Waals surface area (Å²) >= 11 is 0. The van der Waals surface area contributed by atoms with Gasteiger partial charge in [-0.1, -0.05) is 19.3 Å². The van der Waals surface area contributed by atoms with E-state index < -0.39 is 0 Å². The van der Waals surface area contributed by atoms with Crippen molar-refractivity contribution < 1.29 is 0 Å². The molecule has 2 heteroatoms. The lowest BCUT2D eigenvalue weighted by Gasteiger charge is -2.41. The maximum atomic E-state index is 3.82. The SMILES string of the molecule is C1CCC([C@H]2CN3CCCC3CN2)CC1. The van der Waals surface area contributed by atoms with Gasteiger partial charge in [0.15, 0.2) is 0 Å². The molecule has 1 saturated carbocycles. The first kappa shape index (κ1) is 10.1. The average molecular weight is 208 g/mol. The Bertz CT molecular complexity index is 211. The van der Waals surface area contributed by atoms with Crippen LogP contribution >= 0.6 is 0 Å². The molecule has 2 atom stereocenters. The lowest BCUT2D eigenvalue weighted by atomic mass is 9.83. The highest BCUT2D eigenvalue weighted by atomic mass is 15.2. The van der Waals surface area contributed by atoms with Crippen molar-refractivity contribution in [3.63, 3.8) is 0 Å². The summed E-state index contributed by atoms with van der Waals surface area (Å²) in [5, 5.41) is 3.82. The molecule has 2 heterocycles. The minimum atomic E-state index is 0.819. The molecule has 0 aromatic carbocycles. The van der Waals surface area contributed by atoms with Crippen LogP contribution in [0.15, 0.2) is 0 Å². The first-order valence-corrected chi connectivity index (χ1v) is 6.91. The molecule has 3 fully saturated rings. The Balaban J connectivity index is 1.58. The Morgan fingerprint density at radius 3 is 2.67 bits per heavy atom. The maximum absolute atomic E-state index is 3.82. The van der Waals surface area contributed by atoms with Crippen molar-refractivity contribution in [1.29, 1.82) is 0 Å². The molecule has 2 aliphatic heterocycles. The van der Waals surface area contributed by atoms with E-state index in [1.807, 2.05) is 0 Å². The minimum Gasteiger partial charge on any atom is -0.311 e. The van der Waals surface area contributed by atoms with Gasteiger partial charge in [-0.3, -0.25) is 4.90 Å². The summed E-state index contributed by atoms with van der Waals surface area (Å²) in [6.07, 6.45) is 10.3. The van der Waals surface area contributed by atoms with E-state index in [0.717, 1.165) is 18.0 Å². The number of fused-ring (bicyclic) bond motifs is 1. The molecule has 15 heavy (non-hydrogen) atoms. The summed E-state index contributed by atoms with van der Waals surface area (Å²) in [5.74, 6) is 0.986. The molecule has 0 aromatic rings. The Morgan fingerprint density at radius 1 is 0.933 bits per heavy atom. The van der Waals surface area contributed by atoms with Gasteiger partial charge in [0.05, 0.1) is 0 Å². The van der Waals surface area contributed by atoms with Crippen molar-refractivity contribution in [2.45, 2.75) is 57.0 Å². The van der Waals surface area contributed by atoms with Gasteiger partial charge < -0.3 is 5.32 Å². The number of rotatable bonds is 1. The fraction of sp³-hybridized carbons (Fsp3) is 1.00. The van der Waals surface area contributed by atoms with Gasteiger partial charge in [-0.2, -0.15) is 0 Å². The summed E-state index contributed by atoms with van der Waals surface area (Å²) < 4.78 is 0. The van der Waals surface area contributed by atoms with Gasteiger partial charge in [-0.15, -0.1) is 0 Å². The molecule has 2 saturated heterocycles. The monoisotopic (exact) mass is 208 g/mol. The molecule has 0 radical (unpaired) electrons. The third-order valence-electron chi connectivity index (χ3n) is 4.76. The van der Waals surface area contributed by atoms with Gasteiger partial charge in [0.2, 0.25) is 0 Å². The highest BCUT2D eigenvalue weighted by molar-refractivity contribution is 4.93. The molecule has 0 bridgehead atoms. The summed E-state index contributed by atoms with van der Waals surface area (Å²) in [6, 6.07) is 1.70. The van der Waals surface area contributed by atoms with E-state index in [1.54, 1.807) is 0 Å². The first-order chi connectivity index (χ1) is 7.43. The van der Waals surface area contributed by atoms with Gasteiger partial charge in [0.25, 0.3) is 0 Å². The predicted octanol–water partition coefficient (Wildman–Crippen LogP) is 2.00. The van der Waals surface area contributed by atoms with E-state index in [0.29, 0.717) is 0 Å². The van der Waals surface area contributed by atoms with Crippen molar-refractivity contribution in [2.75, 3.05) is 19.6 Å². The van der Waals surface area contributed by atoms with Gasteiger partial charge in [-0.25, -0.2) is 0 Å². The number of piperazine rings is 1. The largest absolute Gasteiger partial charge is 0.311 e. The zero-order valence-electron chi connectivity index (χ0n) is 9.75. The molecule has 2 nitrogen and oxygen atoms in total. The molecule has 1 aliphatic carbocycles. The normalized spacial score (nSPS) is 39.2. The summed E-state index contributed by atoms with van der Waals surface area (Å²) in [6.45, 7) is 3.98. The van der Waals surface area contributed by atoms with E-state index in [2.05, 4.69) is 10.2 Å². The number of nitrogens with zero attached hydrogens (tertiary/aromatic N) is 1. The van der Waals surface area contributed by atoms with Crippen LogP contribution in [0.2, 0.25) is 0 Å². The van der Waals surface area contributed by atoms with Gasteiger partial charge in [-0.05, 0) is 38.1 Å². The second kappa shape index (κ2) is 4.42. The van der Waals surface area contributed by atoms with Gasteiger partial charge in [0, 0.05) is 25.2 Å². The lowest BCUT2D eigenvalue weighted by Crippen LogP contribution is -2.56. The fourth-order valence-corrected chi connectivity index (χ4v) is 3.82. The number of hydrogen-bond donors (Lipinski definition) is 1. The minimum absolute atomic E-state index is 0.819. The lowest BCUT2D eigenvalue weighted by molar-refractivity contribution is 0.127. The summed E-state index contributed by atoms with van der Waals surface area (Å²) in [7, 11) is 0. The quantitative estimate of drug-likeness (QED) is 0.709. The average Bonchev–Trinajstić information content (AvgIpc) is 2.77. The molecule has 0 amide bonds. The molecular weight excluding hydrogens is 184 g/mol. The molecule has 0 aromatic heterocycles. The van der Waals surface area contributed by atoms with E-state index in [-0.39, 0.29) is 0 Å². The molecule has 0 spiro atoms. The van der Waals surface area contributed by atoms with Crippen molar-refractivity contribution in [3.05, 3.63) is 0 Å². The zero-order chi connectivity index (χ0) is 10.1. The maximum Gasteiger partial charge on any atom is 0.0224 e. The van der Waals surface area contributed by atoms with Crippen LogP contribution < -0.4 is 5.32 Å². The molecule has 3 rings (SSSR count). The van der Waals surface area contributed by atoms with Crippen LogP contribution in [0.1, 0.15) is 44.9 Å². The molecule has 1 N–H and O–H groups in total. The molecular formula is C13H24N2. The predicted molar refractivity (Wildman–Crippen MR) is 63.0 cm³/mol. The Kier molecular flexibility index (Phi) is 2.98. The number of nitrogens with one attached hydrogen (secondary N) is 1. The third-order valence-corrected chi connectivity index (χ3v) is 4.76. The smallest absolute Gasteiger partial charge is 0.0224 e. The fourth-order valence-electron chi connectivity index (χ4n) is 3.82. The highest BCUT2D eigenvalue weighted by Gasteiger charge is 2.34. The van der Waals surface area contributed by atoms with E-state index >= 15 is 0 Å². The van der Waals surface area contributed by atoms with Gasteiger partial charge >= 0.3 is 0 Å². The van der Waals surface area contributed by atoms with Crippen molar-refractivity contribution >= 4 is 0 Å². The second-order valence-electron chi connectivity index (χ2n) is 5.70. The summed E-state index contributed by atoms with van der Waals surface area (Å²) in [4.78, 5) is 2.75. The van der Waals surface area contributed by atoms with E-state index in [4.69, 9.17) is 0 Å². The van der Waals surface area contributed by atoms with Crippen molar-refractivity contribution in [3.8, 4) is 0 Å². The van der Waals surface area contributed by atoms with Gasteiger partial charge in [0.1, 0.15) is 0 Å². The highest BCUT2D eigenvalue weighted by Crippen LogP contribution is 2.30. The number of hydrogen-bond acceptors (Lipinski definition) is 2. The molecule has 86 valence electrons. The third kappa shape index (κ3) is 2.07. The Morgan fingerprint density at radius 2 is 1.80 bits per heavy atom. The first-order valence-electron chi connectivity index (χ1n) is 6.91. The molecule has 3 aliphatic rings. The second-order valence-corrected chi connectivity index (χ2v) is 5.70. The van der Waals surface area contributed by atoms with Crippen molar-refractivity contribution in [2.24, 2.45) is 5.92 Å². The molecule has 1 unspecified atom stereocenters. The van der Waals surface area contributed by atoms with Crippen LogP contribution in [-0.4, -0.2) is 36.6 Å². The standard InChI is InChI=1S/C13H24N2/c1-2-5-11(6-3-1)13-10-15-8-4-7-12(15)9-14-13/h11-14H,1-10H2/t12?,13-/m1/s1. The zero-order valence-corrected chi connectivity index (χ0v) is 9.75. The Labute approximate surface area is 93.4 Å². The van der Waals surface area contributed by atoms with Crippen LogP contribution in [0.25, 0.3) is 0 Å².